The Morgan fingerprint density at radius 1 is 1.06 bits per heavy atom. The number of halogens is 1. The number of carbonyl (C=O) groups is 3. The molecule has 0 radical (unpaired) electrons. The summed E-state index contributed by atoms with van der Waals surface area (Å²) in [5, 5.41) is 14.1. The highest BCUT2D eigenvalue weighted by Crippen LogP contribution is 2.23. The molecule has 0 bridgehead atoms. The SMILES string of the molecule is CCc1cccc(NC(=O)[C@H]2CCCN(C(=O)c3nnc(C(=O)Nc4cccc(Cl)c4)s3)C2)c1. The largest absolute Gasteiger partial charge is 0.336 e. The summed E-state index contributed by atoms with van der Waals surface area (Å²) < 4.78 is 0. The zero-order valence-corrected chi connectivity index (χ0v) is 20.2. The van der Waals surface area contributed by atoms with Crippen molar-refractivity contribution in [1.82, 2.24) is 15.1 Å². The number of amides is 3. The molecule has 2 heterocycles. The lowest BCUT2D eigenvalue weighted by Crippen LogP contribution is -2.43. The van der Waals surface area contributed by atoms with Crippen molar-refractivity contribution in [2.45, 2.75) is 26.2 Å². The number of hydrogen-bond acceptors (Lipinski definition) is 6. The van der Waals surface area contributed by atoms with Gasteiger partial charge in [0.2, 0.25) is 15.9 Å². The molecule has 1 atom stereocenters. The number of piperidine rings is 1. The lowest BCUT2D eigenvalue weighted by molar-refractivity contribution is -0.121. The molecule has 10 heteroatoms. The van der Waals surface area contributed by atoms with E-state index in [0.29, 0.717) is 36.6 Å². The van der Waals surface area contributed by atoms with E-state index in [1.807, 2.05) is 24.3 Å². The van der Waals surface area contributed by atoms with Gasteiger partial charge in [0, 0.05) is 29.5 Å². The summed E-state index contributed by atoms with van der Waals surface area (Å²) in [5.41, 5.74) is 2.42. The molecule has 2 aromatic carbocycles. The smallest absolute Gasteiger partial charge is 0.286 e. The Kier molecular flexibility index (Phi) is 7.54. The monoisotopic (exact) mass is 497 g/mol. The van der Waals surface area contributed by atoms with Crippen molar-refractivity contribution in [2.24, 2.45) is 5.92 Å². The number of nitrogens with zero attached hydrogens (tertiary/aromatic N) is 3. The predicted molar refractivity (Wildman–Crippen MR) is 132 cm³/mol. The van der Waals surface area contributed by atoms with Crippen LogP contribution >= 0.6 is 22.9 Å². The Labute approximate surface area is 206 Å². The molecule has 8 nitrogen and oxygen atoms in total. The first-order valence-electron chi connectivity index (χ1n) is 11.0. The molecular formula is C24H24ClN5O3S. The molecule has 4 rings (SSSR count). The molecule has 176 valence electrons. The van der Waals surface area contributed by atoms with Crippen LogP contribution in [0.2, 0.25) is 5.02 Å². The fourth-order valence-electron chi connectivity index (χ4n) is 3.78. The average molecular weight is 498 g/mol. The molecule has 0 saturated carbocycles. The molecule has 0 unspecified atom stereocenters. The Bertz CT molecular complexity index is 1210. The number of anilines is 2. The molecule has 34 heavy (non-hydrogen) atoms. The van der Waals surface area contributed by atoms with Gasteiger partial charge >= 0.3 is 0 Å². The molecule has 0 aliphatic carbocycles. The van der Waals surface area contributed by atoms with Gasteiger partial charge in [-0.2, -0.15) is 0 Å². The van der Waals surface area contributed by atoms with Gasteiger partial charge < -0.3 is 15.5 Å². The second kappa shape index (κ2) is 10.8. The number of carbonyl (C=O) groups excluding carboxylic acids is 3. The lowest BCUT2D eigenvalue weighted by atomic mass is 9.97. The number of rotatable bonds is 6. The Hall–Kier alpha value is -3.30. The number of benzene rings is 2. The Morgan fingerprint density at radius 3 is 2.56 bits per heavy atom. The van der Waals surface area contributed by atoms with Gasteiger partial charge in [0.1, 0.15) is 0 Å². The van der Waals surface area contributed by atoms with Crippen LogP contribution in [0.3, 0.4) is 0 Å². The van der Waals surface area contributed by atoms with Crippen molar-refractivity contribution in [3.8, 4) is 0 Å². The highest BCUT2D eigenvalue weighted by atomic mass is 35.5. The van der Waals surface area contributed by atoms with Crippen molar-refractivity contribution < 1.29 is 14.4 Å². The van der Waals surface area contributed by atoms with Crippen LogP contribution in [0.1, 0.15) is 44.9 Å². The van der Waals surface area contributed by atoms with Crippen LogP contribution in [0.15, 0.2) is 48.5 Å². The topological polar surface area (TPSA) is 104 Å². The van der Waals surface area contributed by atoms with Gasteiger partial charge in [-0.1, -0.05) is 48.1 Å². The number of aryl methyl sites for hydroxylation is 1. The van der Waals surface area contributed by atoms with Gasteiger partial charge in [0.05, 0.1) is 5.92 Å². The summed E-state index contributed by atoms with van der Waals surface area (Å²) in [5.74, 6) is -1.22. The lowest BCUT2D eigenvalue weighted by Gasteiger charge is -2.31. The molecule has 1 saturated heterocycles. The van der Waals surface area contributed by atoms with Crippen molar-refractivity contribution >= 4 is 52.0 Å². The second-order valence-electron chi connectivity index (χ2n) is 8.01. The van der Waals surface area contributed by atoms with Crippen LogP contribution in [0.4, 0.5) is 11.4 Å². The normalized spacial score (nSPS) is 15.6. The van der Waals surface area contributed by atoms with Crippen LogP contribution < -0.4 is 10.6 Å². The van der Waals surface area contributed by atoms with Crippen LogP contribution in [-0.2, 0) is 11.2 Å². The summed E-state index contributed by atoms with van der Waals surface area (Å²) in [6.45, 7) is 2.88. The number of aromatic nitrogens is 2. The van der Waals surface area contributed by atoms with E-state index >= 15 is 0 Å². The molecule has 1 aliphatic rings. The Balaban J connectivity index is 1.37. The molecule has 0 spiro atoms. The molecule has 2 N–H and O–H groups in total. The summed E-state index contributed by atoms with van der Waals surface area (Å²) in [7, 11) is 0. The average Bonchev–Trinajstić information content (AvgIpc) is 3.34. The third-order valence-corrected chi connectivity index (χ3v) is 6.71. The fourth-order valence-corrected chi connectivity index (χ4v) is 4.67. The van der Waals surface area contributed by atoms with Crippen molar-refractivity contribution in [1.29, 1.82) is 0 Å². The van der Waals surface area contributed by atoms with E-state index in [4.69, 9.17) is 11.6 Å². The minimum absolute atomic E-state index is 0.0745. The molecule has 3 aromatic rings. The highest BCUT2D eigenvalue weighted by molar-refractivity contribution is 7.15. The molecule has 1 fully saturated rings. The van der Waals surface area contributed by atoms with Gasteiger partial charge in [-0.15, -0.1) is 10.2 Å². The maximum absolute atomic E-state index is 13.0. The molecule has 1 aromatic heterocycles. The van der Waals surface area contributed by atoms with Crippen molar-refractivity contribution in [2.75, 3.05) is 23.7 Å². The van der Waals surface area contributed by atoms with Crippen LogP contribution in [0.25, 0.3) is 0 Å². The quantitative estimate of drug-likeness (QED) is 0.522. The first-order chi connectivity index (χ1) is 16.4. The van der Waals surface area contributed by atoms with Crippen LogP contribution in [-0.4, -0.2) is 45.9 Å². The van der Waals surface area contributed by atoms with E-state index in [-0.39, 0.29) is 27.7 Å². The van der Waals surface area contributed by atoms with Gasteiger partial charge in [-0.3, -0.25) is 14.4 Å². The maximum atomic E-state index is 13.0. The molecule has 3 amide bonds. The number of hydrogen-bond donors (Lipinski definition) is 2. The minimum atomic E-state index is -0.468. The second-order valence-corrected chi connectivity index (χ2v) is 9.42. The van der Waals surface area contributed by atoms with Crippen LogP contribution in [0.5, 0.6) is 0 Å². The first kappa shape index (κ1) is 23.8. The fraction of sp³-hybridized carbons (Fsp3) is 0.292. The van der Waals surface area contributed by atoms with Crippen LogP contribution in [0, 0.1) is 5.92 Å². The maximum Gasteiger partial charge on any atom is 0.286 e. The van der Waals surface area contributed by atoms with Gasteiger partial charge in [0.25, 0.3) is 11.8 Å². The summed E-state index contributed by atoms with van der Waals surface area (Å²) in [4.78, 5) is 39.9. The zero-order valence-electron chi connectivity index (χ0n) is 18.6. The van der Waals surface area contributed by atoms with Crippen molar-refractivity contribution in [3.05, 3.63) is 69.1 Å². The predicted octanol–water partition coefficient (Wildman–Crippen LogP) is 4.50. The zero-order chi connectivity index (χ0) is 24.1. The highest BCUT2D eigenvalue weighted by Gasteiger charge is 2.31. The van der Waals surface area contributed by atoms with Gasteiger partial charge in [-0.05, 0) is 55.2 Å². The van der Waals surface area contributed by atoms with E-state index in [9.17, 15) is 14.4 Å². The third kappa shape index (κ3) is 5.78. The van der Waals surface area contributed by atoms with E-state index in [0.717, 1.165) is 29.0 Å². The number of likely N-dealkylation sites (tertiary alicyclic amines) is 1. The van der Waals surface area contributed by atoms with Gasteiger partial charge in [-0.25, -0.2) is 0 Å². The third-order valence-electron chi connectivity index (χ3n) is 5.57. The van der Waals surface area contributed by atoms with Crippen molar-refractivity contribution in [3.63, 3.8) is 0 Å². The minimum Gasteiger partial charge on any atom is -0.336 e. The van der Waals surface area contributed by atoms with E-state index in [1.54, 1.807) is 29.2 Å². The summed E-state index contributed by atoms with van der Waals surface area (Å²) in [6, 6.07) is 14.5. The Morgan fingerprint density at radius 2 is 1.79 bits per heavy atom. The first-order valence-corrected chi connectivity index (χ1v) is 12.2. The standard InChI is InChI=1S/C24H24ClN5O3S/c1-2-15-6-3-9-18(12-15)26-20(31)16-7-5-11-30(14-16)24(33)23-29-28-22(34-23)21(32)27-19-10-4-8-17(25)13-19/h3-4,6,8-10,12-13,16H,2,5,7,11,14H2,1H3,(H,26,31)(H,27,32)/t16-/m0/s1. The number of nitrogens with one attached hydrogen (secondary N) is 2. The van der Waals surface area contributed by atoms with E-state index in [1.165, 1.54) is 0 Å². The molecule has 1 aliphatic heterocycles. The molecular weight excluding hydrogens is 474 g/mol. The summed E-state index contributed by atoms with van der Waals surface area (Å²) >= 11 is 6.87. The van der Waals surface area contributed by atoms with Gasteiger partial charge in [0.15, 0.2) is 0 Å². The van der Waals surface area contributed by atoms with E-state index < -0.39 is 5.91 Å². The van der Waals surface area contributed by atoms with E-state index in [2.05, 4.69) is 27.8 Å². The summed E-state index contributed by atoms with van der Waals surface area (Å²) in [6.07, 6.45) is 2.29.